The van der Waals surface area contributed by atoms with Crippen LogP contribution in [0.1, 0.15) is 24.7 Å². The van der Waals surface area contributed by atoms with Crippen molar-refractivity contribution in [2.45, 2.75) is 26.3 Å². The van der Waals surface area contributed by atoms with Crippen LogP contribution < -0.4 is 4.74 Å². The van der Waals surface area contributed by atoms with E-state index in [0.717, 1.165) is 42.1 Å². The minimum Gasteiger partial charge on any atom is -0.497 e. The second-order valence-corrected chi connectivity index (χ2v) is 5.05. The summed E-state index contributed by atoms with van der Waals surface area (Å²) in [5.74, 6) is 1.93. The van der Waals surface area contributed by atoms with Crippen molar-refractivity contribution >= 4 is 11.2 Å². The lowest BCUT2D eigenvalue weighted by Gasteiger charge is -2.08. The molecule has 108 valence electrons. The van der Waals surface area contributed by atoms with Crippen molar-refractivity contribution in [2.75, 3.05) is 7.11 Å². The van der Waals surface area contributed by atoms with Gasteiger partial charge >= 0.3 is 0 Å². The third-order valence-corrected chi connectivity index (χ3v) is 3.53. The molecule has 4 nitrogen and oxygen atoms in total. The lowest BCUT2D eigenvalue weighted by atomic mass is 10.1. The predicted octanol–water partition coefficient (Wildman–Crippen LogP) is 3.44. The van der Waals surface area contributed by atoms with E-state index in [9.17, 15) is 0 Å². The lowest BCUT2D eigenvalue weighted by molar-refractivity contribution is 0.414. The number of aromatic nitrogens is 3. The number of aryl methyl sites for hydroxylation is 1. The zero-order valence-electron chi connectivity index (χ0n) is 12.4. The van der Waals surface area contributed by atoms with E-state index in [1.54, 1.807) is 7.11 Å². The Kier molecular flexibility index (Phi) is 3.86. The minimum atomic E-state index is 0.785. The standard InChI is InChI=1S/C17H19N3O/c1-3-10-20-16(19-15-8-5-9-18-17(15)20)12-13-6-4-7-14(11-13)21-2/h4-9,11H,3,10,12H2,1-2H3. The van der Waals surface area contributed by atoms with Gasteiger partial charge in [-0.1, -0.05) is 19.1 Å². The van der Waals surface area contributed by atoms with Gasteiger partial charge < -0.3 is 9.30 Å². The summed E-state index contributed by atoms with van der Waals surface area (Å²) in [6.07, 6.45) is 3.67. The Morgan fingerprint density at radius 3 is 2.90 bits per heavy atom. The Labute approximate surface area is 124 Å². The molecule has 0 amide bonds. The quantitative estimate of drug-likeness (QED) is 0.719. The van der Waals surface area contributed by atoms with Crippen molar-refractivity contribution in [3.05, 3.63) is 54.0 Å². The summed E-state index contributed by atoms with van der Waals surface area (Å²) >= 11 is 0. The molecule has 3 rings (SSSR count). The van der Waals surface area contributed by atoms with Crippen LogP contribution in [0.2, 0.25) is 0 Å². The van der Waals surface area contributed by atoms with E-state index >= 15 is 0 Å². The number of rotatable bonds is 5. The molecule has 0 aliphatic carbocycles. The number of pyridine rings is 1. The van der Waals surface area contributed by atoms with Crippen LogP contribution in [0.3, 0.4) is 0 Å². The summed E-state index contributed by atoms with van der Waals surface area (Å²) in [7, 11) is 1.69. The molecule has 2 aromatic heterocycles. The smallest absolute Gasteiger partial charge is 0.159 e. The molecule has 0 aliphatic heterocycles. The first kappa shape index (κ1) is 13.6. The molecule has 0 saturated carbocycles. The van der Waals surface area contributed by atoms with Crippen molar-refractivity contribution in [2.24, 2.45) is 0 Å². The zero-order chi connectivity index (χ0) is 14.7. The summed E-state index contributed by atoms with van der Waals surface area (Å²) in [6, 6.07) is 12.1. The first-order valence-electron chi connectivity index (χ1n) is 7.25. The lowest BCUT2D eigenvalue weighted by Crippen LogP contribution is -2.05. The van der Waals surface area contributed by atoms with Crippen molar-refractivity contribution in [3.8, 4) is 5.75 Å². The summed E-state index contributed by atoms with van der Waals surface area (Å²) < 4.78 is 7.51. The fraction of sp³-hybridized carbons (Fsp3) is 0.294. The summed E-state index contributed by atoms with van der Waals surface area (Å²) in [5.41, 5.74) is 3.13. The van der Waals surface area contributed by atoms with E-state index in [2.05, 4.69) is 28.6 Å². The highest BCUT2D eigenvalue weighted by atomic mass is 16.5. The summed E-state index contributed by atoms with van der Waals surface area (Å²) in [4.78, 5) is 9.21. The average Bonchev–Trinajstić information content (AvgIpc) is 2.86. The number of hydrogen-bond donors (Lipinski definition) is 0. The van der Waals surface area contributed by atoms with Gasteiger partial charge in [0.2, 0.25) is 0 Å². The maximum absolute atomic E-state index is 5.29. The monoisotopic (exact) mass is 281 g/mol. The maximum Gasteiger partial charge on any atom is 0.159 e. The van der Waals surface area contributed by atoms with Gasteiger partial charge in [0.25, 0.3) is 0 Å². The second-order valence-electron chi connectivity index (χ2n) is 5.05. The van der Waals surface area contributed by atoms with Crippen LogP contribution in [0.5, 0.6) is 5.75 Å². The SMILES string of the molecule is CCCn1c(Cc2cccc(OC)c2)nc2cccnc21. The average molecular weight is 281 g/mol. The number of benzene rings is 1. The topological polar surface area (TPSA) is 39.9 Å². The van der Waals surface area contributed by atoms with E-state index in [1.807, 2.05) is 30.5 Å². The first-order chi connectivity index (χ1) is 10.3. The van der Waals surface area contributed by atoms with E-state index in [0.29, 0.717) is 0 Å². The van der Waals surface area contributed by atoms with Gasteiger partial charge in [-0.05, 0) is 36.2 Å². The molecule has 4 heteroatoms. The van der Waals surface area contributed by atoms with E-state index < -0.39 is 0 Å². The Balaban J connectivity index is 2.00. The molecule has 3 aromatic rings. The summed E-state index contributed by atoms with van der Waals surface area (Å²) in [6.45, 7) is 3.11. The number of hydrogen-bond acceptors (Lipinski definition) is 3. The maximum atomic E-state index is 5.29. The molecule has 0 fully saturated rings. The van der Waals surface area contributed by atoms with Crippen LogP contribution in [0, 0.1) is 0 Å². The van der Waals surface area contributed by atoms with Crippen LogP contribution in [0.15, 0.2) is 42.6 Å². The van der Waals surface area contributed by atoms with Gasteiger partial charge in [-0.25, -0.2) is 9.97 Å². The fourth-order valence-electron chi connectivity index (χ4n) is 2.56. The predicted molar refractivity (Wildman–Crippen MR) is 83.6 cm³/mol. The zero-order valence-corrected chi connectivity index (χ0v) is 12.4. The van der Waals surface area contributed by atoms with Gasteiger partial charge in [-0.15, -0.1) is 0 Å². The van der Waals surface area contributed by atoms with Crippen molar-refractivity contribution < 1.29 is 4.74 Å². The Morgan fingerprint density at radius 1 is 1.19 bits per heavy atom. The van der Waals surface area contributed by atoms with Gasteiger partial charge in [0.1, 0.15) is 17.1 Å². The fourth-order valence-corrected chi connectivity index (χ4v) is 2.56. The number of fused-ring (bicyclic) bond motifs is 1. The van der Waals surface area contributed by atoms with Crippen molar-refractivity contribution in [1.29, 1.82) is 0 Å². The van der Waals surface area contributed by atoms with Gasteiger partial charge in [0.05, 0.1) is 7.11 Å². The van der Waals surface area contributed by atoms with Crippen LogP contribution >= 0.6 is 0 Å². The molecular formula is C17H19N3O. The highest BCUT2D eigenvalue weighted by Crippen LogP contribution is 2.19. The van der Waals surface area contributed by atoms with Gasteiger partial charge in [-0.2, -0.15) is 0 Å². The first-order valence-corrected chi connectivity index (χ1v) is 7.25. The minimum absolute atomic E-state index is 0.785. The highest BCUT2D eigenvalue weighted by Gasteiger charge is 2.11. The molecule has 0 unspecified atom stereocenters. The third-order valence-electron chi connectivity index (χ3n) is 3.53. The molecular weight excluding hydrogens is 262 g/mol. The normalized spacial score (nSPS) is 11.0. The van der Waals surface area contributed by atoms with Crippen LogP contribution in [-0.2, 0) is 13.0 Å². The molecule has 0 saturated heterocycles. The van der Waals surface area contributed by atoms with Gasteiger partial charge in [0.15, 0.2) is 5.65 Å². The largest absolute Gasteiger partial charge is 0.497 e. The number of imidazole rings is 1. The number of ether oxygens (including phenoxy) is 1. The van der Waals surface area contributed by atoms with Gasteiger partial charge in [-0.3, -0.25) is 0 Å². The molecule has 2 heterocycles. The van der Waals surface area contributed by atoms with Crippen LogP contribution in [-0.4, -0.2) is 21.6 Å². The molecule has 0 bridgehead atoms. The highest BCUT2D eigenvalue weighted by molar-refractivity contribution is 5.71. The molecule has 0 spiro atoms. The molecule has 0 radical (unpaired) electrons. The summed E-state index contributed by atoms with van der Waals surface area (Å²) in [5, 5.41) is 0. The number of methoxy groups -OCH3 is 1. The Morgan fingerprint density at radius 2 is 2.10 bits per heavy atom. The van der Waals surface area contributed by atoms with Crippen molar-refractivity contribution in [1.82, 2.24) is 14.5 Å². The molecule has 1 aromatic carbocycles. The number of nitrogens with zero attached hydrogens (tertiary/aromatic N) is 3. The Hall–Kier alpha value is -2.36. The van der Waals surface area contributed by atoms with E-state index in [-0.39, 0.29) is 0 Å². The second kappa shape index (κ2) is 5.95. The molecule has 0 atom stereocenters. The molecule has 0 aliphatic rings. The van der Waals surface area contributed by atoms with E-state index in [4.69, 9.17) is 9.72 Å². The van der Waals surface area contributed by atoms with Crippen LogP contribution in [0.25, 0.3) is 11.2 Å². The Bertz CT molecular complexity index is 749. The van der Waals surface area contributed by atoms with Crippen molar-refractivity contribution in [3.63, 3.8) is 0 Å². The van der Waals surface area contributed by atoms with E-state index in [1.165, 1.54) is 5.56 Å². The molecule has 21 heavy (non-hydrogen) atoms. The third kappa shape index (κ3) is 2.75. The van der Waals surface area contributed by atoms with Gasteiger partial charge in [0, 0.05) is 19.2 Å². The van der Waals surface area contributed by atoms with Crippen LogP contribution in [0.4, 0.5) is 0 Å². The molecule has 0 N–H and O–H groups in total.